The van der Waals surface area contributed by atoms with Gasteiger partial charge in [0, 0.05) is 12.7 Å². The molecule has 0 spiro atoms. The van der Waals surface area contributed by atoms with Crippen LogP contribution in [0.25, 0.3) is 0 Å². The van der Waals surface area contributed by atoms with Crippen LogP contribution < -0.4 is 4.74 Å². The van der Waals surface area contributed by atoms with Crippen molar-refractivity contribution in [3.8, 4) is 5.75 Å². The van der Waals surface area contributed by atoms with Crippen LogP contribution in [0.2, 0.25) is 5.02 Å². The van der Waals surface area contributed by atoms with E-state index in [2.05, 4.69) is 10.1 Å². The lowest BCUT2D eigenvalue weighted by atomic mass is 9.74. The van der Waals surface area contributed by atoms with Gasteiger partial charge in [0.05, 0.1) is 53.7 Å². The van der Waals surface area contributed by atoms with Crippen molar-refractivity contribution in [2.45, 2.75) is 65.6 Å². The Morgan fingerprint density at radius 3 is 2.31 bits per heavy atom. The fourth-order valence-corrected chi connectivity index (χ4v) is 5.07. The predicted molar refractivity (Wildman–Crippen MR) is 136 cm³/mol. The molecule has 1 N–H and O–H groups in total. The van der Waals surface area contributed by atoms with Gasteiger partial charge in [0.25, 0.3) is 5.91 Å². The molecular formula is C26H32ClF3N4O5. The van der Waals surface area contributed by atoms with E-state index in [-0.39, 0.29) is 48.6 Å². The van der Waals surface area contributed by atoms with Crippen molar-refractivity contribution in [1.82, 2.24) is 19.7 Å². The summed E-state index contributed by atoms with van der Waals surface area (Å²) in [6.07, 6.45) is -0.879. The molecular weight excluding hydrogens is 541 g/mol. The van der Waals surface area contributed by atoms with E-state index in [0.29, 0.717) is 0 Å². The number of Topliss-reactive ketones (excluding diaryl/α,β-unsaturated/α-hetero) is 1. The predicted octanol–water partition coefficient (Wildman–Crippen LogP) is 5.54. The highest BCUT2D eigenvalue weighted by Crippen LogP contribution is 2.43. The van der Waals surface area contributed by atoms with E-state index in [4.69, 9.17) is 16.3 Å². The summed E-state index contributed by atoms with van der Waals surface area (Å²) in [6, 6.07) is -0.729. The van der Waals surface area contributed by atoms with Crippen LogP contribution in [0.5, 0.6) is 5.75 Å². The molecule has 0 bridgehead atoms. The third kappa shape index (κ3) is 6.71. The van der Waals surface area contributed by atoms with E-state index in [1.165, 1.54) is 19.5 Å². The third-order valence-electron chi connectivity index (χ3n) is 6.87. The lowest BCUT2D eigenvalue weighted by Crippen LogP contribution is -2.42. The molecule has 2 heterocycles. The van der Waals surface area contributed by atoms with E-state index in [1.54, 1.807) is 27.7 Å². The Morgan fingerprint density at radius 1 is 1.18 bits per heavy atom. The highest BCUT2D eigenvalue weighted by atomic mass is 35.5. The second-order valence-corrected chi connectivity index (χ2v) is 11.7. The summed E-state index contributed by atoms with van der Waals surface area (Å²) in [5.74, 6) is -2.56. The van der Waals surface area contributed by atoms with Crippen LogP contribution in [-0.2, 0) is 11.0 Å². The molecule has 39 heavy (non-hydrogen) atoms. The maximum atomic E-state index is 14.4. The number of carboxylic acid groups (broad SMARTS) is 1. The van der Waals surface area contributed by atoms with Crippen LogP contribution in [0.3, 0.4) is 0 Å². The monoisotopic (exact) mass is 572 g/mol. The van der Waals surface area contributed by atoms with Crippen molar-refractivity contribution in [3.63, 3.8) is 0 Å². The van der Waals surface area contributed by atoms with Crippen molar-refractivity contribution in [2.75, 3.05) is 20.2 Å². The second kappa shape index (κ2) is 11.1. The minimum absolute atomic E-state index is 0.0167. The highest BCUT2D eigenvalue weighted by molar-refractivity contribution is 6.34. The Morgan fingerprint density at radius 2 is 1.79 bits per heavy atom. The van der Waals surface area contributed by atoms with Crippen LogP contribution in [0.4, 0.5) is 13.2 Å². The number of halogens is 4. The van der Waals surface area contributed by atoms with Crippen molar-refractivity contribution in [3.05, 3.63) is 40.4 Å². The third-order valence-corrected chi connectivity index (χ3v) is 7.15. The largest absolute Gasteiger partial charge is 0.494 e. The van der Waals surface area contributed by atoms with Gasteiger partial charge < -0.3 is 14.7 Å². The summed E-state index contributed by atoms with van der Waals surface area (Å²) in [6.45, 7) is 6.33. The van der Waals surface area contributed by atoms with E-state index < -0.39 is 58.5 Å². The molecule has 0 unspecified atom stereocenters. The number of aromatic nitrogens is 3. The first-order valence-corrected chi connectivity index (χ1v) is 12.7. The van der Waals surface area contributed by atoms with Crippen molar-refractivity contribution in [2.24, 2.45) is 10.8 Å². The molecule has 0 aromatic carbocycles. The van der Waals surface area contributed by atoms with Gasteiger partial charge in [-0.2, -0.15) is 18.3 Å². The van der Waals surface area contributed by atoms with Gasteiger partial charge in [-0.1, -0.05) is 32.4 Å². The Kier molecular flexibility index (Phi) is 8.69. The molecule has 214 valence electrons. The van der Waals surface area contributed by atoms with Gasteiger partial charge >= 0.3 is 12.1 Å². The van der Waals surface area contributed by atoms with Gasteiger partial charge in [-0.15, -0.1) is 0 Å². The number of aliphatic carboxylic acids is 1. The van der Waals surface area contributed by atoms with E-state index in [9.17, 15) is 32.7 Å². The highest BCUT2D eigenvalue weighted by Gasteiger charge is 2.45. The summed E-state index contributed by atoms with van der Waals surface area (Å²) < 4.78 is 49.1. The maximum Gasteiger partial charge on any atom is 0.433 e. The van der Waals surface area contributed by atoms with Crippen LogP contribution in [0.15, 0.2) is 18.6 Å². The van der Waals surface area contributed by atoms with Gasteiger partial charge in [-0.25, -0.2) is 0 Å². The van der Waals surface area contributed by atoms with Crippen molar-refractivity contribution < 1.29 is 37.4 Å². The number of carboxylic acids is 1. The summed E-state index contributed by atoms with van der Waals surface area (Å²) in [5, 5.41) is 13.4. The molecule has 3 rings (SSSR count). The quantitative estimate of drug-likeness (QED) is 0.413. The number of ketones is 1. The standard InChI is InChI=1S/C26H32ClF3N4O5/c1-24(2,3)14-33(13-18(35)20-17(27)11-31-12-19(20)39-5)22(36)16-10-32-34(21(16)26(28,29)30)15-6-8-25(4,9-7-15)23(37)38/h10-12,15H,6-9,13-14H2,1-5H3,(H,37,38)/t15-,25-. The Bertz CT molecular complexity index is 1250. The van der Waals surface area contributed by atoms with Crippen molar-refractivity contribution in [1.29, 1.82) is 0 Å². The fourth-order valence-electron chi connectivity index (χ4n) is 4.81. The molecule has 2 aromatic rings. The van der Waals surface area contributed by atoms with E-state index in [0.717, 1.165) is 15.8 Å². The summed E-state index contributed by atoms with van der Waals surface area (Å²) in [4.78, 5) is 43.4. The van der Waals surface area contributed by atoms with Gasteiger partial charge in [-0.05, 0) is 38.0 Å². The first-order valence-electron chi connectivity index (χ1n) is 12.4. The number of pyridine rings is 1. The van der Waals surface area contributed by atoms with E-state index >= 15 is 0 Å². The van der Waals surface area contributed by atoms with Gasteiger partial charge in [-0.3, -0.25) is 24.0 Å². The Labute approximate surface area is 229 Å². The minimum atomic E-state index is -4.93. The lowest BCUT2D eigenvalue weighted by Gasteiger charge is -2.34. The molecule has 0 saturated heterocycles. The molecule has 0 atom stereocenters. The number of nitrogens with zero attached hydrogens (tertiary/aromatic N) is 4. The number of alkyl halides is 3. The average Bonchev–Trinajstić information content (AvgIpc) is 3.28. The fraction of sp³-hybridized carbons (Fsp3) is 0.577. The average molecular weight is 573 g/mol. The number of rotatable bonds is 8. The number of ether oxygens (including phenoxy) is 1. The Hall–Kier alpha value is -3.15. The zero-order valence-electron chi connectivity index (χ0n) is 22.4. The van der Waals surface area contributed by atoms with Crippen LogP contribution in [-0.4, -0.2) is 62.6 Å². The molecule has 1 aliphatic rings. The smallest absolute Gasteiger partial charge is 0.433 e. The van der Waals surface area contributed by atoms with Gasteiger partial charge in [0.2, 0.25) is 0 Å². The normalized spacial score (nSPS) is 20.0. The molecule has 1 saturated carbocycles. The molecule has 2 aromatic heterocycles. The minimum Gasteiger partial charge on any atom is -0.494 e. The number of hydrogen-bond acceptors (Lipinski definition) is 6. The molecule has 1 aliphatic carbocycles. The van der Waals surface area contributed by atoms with E-state index in [1.807, 2.05) is 0 Å². The molecule has 9 nitrogen and oxygen atoms in total. The van der Waals surface area contributed by atoms with Crippen molar-refractivity contribution >= 4 is 29.3 Å². The second-order valence-electron chi connectivity index (χ2n) is 11.3. The first kappa shape index (κ1) is 30.4. The summed E-state index contributed by atoms with van der Waals surface area (Å²) >= 11 is 6.16. The Balaban J connectivity index is 1.99. The number of amides is 1. The number of carbonyl (C=O) groups is 3. The number of methoxy groups -OCH3 is 1. The zero-order chi connectivity index (χ0) is 29.3. The van der Waals surface area contributed by atoms with Crippen LogP contribution >= 0.6 is 11.6 Å². The zero-order valence-corrected chi connectivity index (χ0v) is 23.2. The summed E-state index contributed by atoms with van der Waals surface area (Å²) in [5.41, 5.74) is -3.53. The summed E-state index contributed by atoms with van der Waals surface area (Å²) in [7, 11) is 1.32. The number of carbonyl (C=O) groups excluding carboxylic acids is 2. The van der Waals surface area contributed by atoms with Crippen LogP contribution in [0, 0.1) is 10.8 Å². The lowest BCUT2D eigenvalue weighted by molar-refractivity contribution is -0.152. The van der Waals surface area contributed by atoms with Gasteiger partial charge in [0.15, 0.2) is 11.5 Å². The molecule has 0 radical (unpaired) electrons. The topological polar surface area (TPSA) is 115 Å². The molecule has 1 fully saturated rings. The SMILES string of the molecule is COc1cncc(Cl)c1C(=O)CN(CC(C)(C)C)C(=O)c1cnn([C@H]2CC[C@](C)(C(=O)O)CC2)c1C(F)(F)F. The first-order chi connectivity index (χ1) is 18.0. The molecule has 0 aliphatic heterocycles. The molecule has 13 heteroatoms. The molecule has 1 amide bonds. The maximum absolute atomic E-state index is 14.4. The van der Waals surface area contributed by atoms with Crippen LogP contribution in [0.1, 0.15) is 85.8 Å². The number of hydrogen-bond donors (Lipinski definition) is 1. The van der Waals surface area contributed by atoms with Gasteiger partial charge in [0.1, 0.15) is 5.75 Å².